The smallest absolute Gasteiger partial charge is 0.195 e. The zero-order valence-corrected chi connectivity index (χ0v) is 8.63. The predicted molar refractivity (Wildman–Crippen MR) is 57.7 cm³/mol. The van der Waals surface area contributed by atoms with Crippen LogP contribution in [-0.4, -0.2) is 12.1 Å². The van der Waals surface area contributed by atoms with Gasteiger partial charge in [0.2, 0.25) is 0 Å². The van der Waals surface area contributed by atoms with E-state index in [9.17, 15) is 9.59 Å². The van der Waals surface area contributed by atoms with E-state index < -0.39 is 0 Å². The third-order valence-electron chi connectivity index (χ3n) is 1.73. The summed E-state index contributed by atoms with van der Waals surface area (Å²) in [6.45, 7) is 0. The van der Waals surface area contributed by atoms with Gasteiger partial charge in [-0.2, -0.15) is 0 Å². The highest BCUT2D eigenvalue weighted by molar-refractivity contribution is 7.12. The second-order valence-corrected chi connectivity index (χ2v) is 3.79. The summed E-state index contributed by atoms with van der Waals surface area (Å²) in [7, 11) is 0. The number of hydrogen-bond acceptors (Lipinski definition) is 3. The van der Waals surface area contributed by atoms with E-state index in [1.807, 2.05) is 23.6 Å². The van der Waals surface area contributed by atoms with E-state index in [0.29, 0.717) is 6.42 Å². The molecule has 0 atom stereocenters. The molecule has 1 rings (SSSR count). The molecule has 0 N–H and O–H groups in total. The molecule has 74 valence electrons. The number of carbonyl (C=O) groups excluding carboxylic acids is 2. The molecular formula is C11H12O2S. The summed E-state index contributed by atoms with van der Waals surface area (Å²) in [5.41, 5.74) is 0. The first-order valence-electron chi connectivity index (χ1n) is 4.52. The Kier molecular flexibility index (Phi) is 4.86. The molecule has 0 saturated heterocycles. The standard InChI is InChI=1S/C11H12O2S/c12-8-4-2-1-3-6-10(13)11-7-5-9-14-11/h3,5-9H,1-2,4H2/b6-3+. The summed E-state index contributed by atoms with van der Waals surface area (Å²) in [4.78, 5) is 22.2. The van der Waals surface area contributed by atoms with Crippen LogP contribution in [0.3, 0.4) is 0 Å². The lowest BCUT2D eigenvalue weighted by molar-refractivity contribution is -0.107. The number of allylic oxidation sites excluding steroid dienone is 2. The first-order chi connectivity index (χ1) is 6.84. The molecule has 3 heteroatoms. The van der Waals surface area contributed by atoms with Crippen LogP contribution in [-0.2, 0) is 4.79 Å². The Hall–Kier alpha value is -1.22. The van der Waals surface area contributed by atoms with Crippen molar-refractivity contribution in [2.45, 2.75) is 19.3 Å². The first kappa shape index (κ1) is 10.9. The average molecular weight is 208 g/mol. The van der Waals surface area contributed by atoms with Crippen molar-refractivity contribution in [3.63, 3.8) is 0 Å². The van der Waals surface area contributed by atoms with Crippen molar-refractivity contribution in [1.82, 2.24) is 0 Å². The van der Waals surface area contributed by atoms with Crippen LogP contribution in [0.4, 0.5) is 0 Å². The largest absolute Gasteiger partial charge is 0.303 e. The maximum atomic E-state index is 11.4. The van der Waals surface area contributed by atoms with Crippen molar-refractivity contribution in [2.24, 2.45) is 0 Å². The van der Waals surface area contributed by atoms with Crippen LogP contribution in [0.25, 0.3) is 0 Å². The Labute approximate surface area is 87.3 Å². The maximum Gasteiger partial charge on any atom is 0.195 e. The number of carbonyl (C=O) groups is 2. The lowest BCUT2D eigenvalue weighted by Gasteiger charge is -1.88. The fourth-order valence-corrected chi connectivity index (χ4v) is 1.66. The Bertz CT molecular complexity index is 312. The molecule has 0 aliphatic rings. The van der Waals surface area contributed by atoms with E-state index >= 15 is 0 Å². The lowest BCUT2D eigenvalue weighted by atomic mass is 10.2. The maximum absolute atomic E-state index is 11.4. The Morgan fingerprint density at radius 2 is 2.29 bits per heavy atom. The van der Waals surface area contributed by atoms with Gasteiger partial charge in [0.05, 0.1) is 4.88 Å². The molecule has 1 aromatic heterocycles. The number of unbranched alkanes of at least 4 members (excludes halogenated alkanes) is 2. The van der Waals surface area contributed by atoms with Crippen LogP contribution < -0.4 is 0 Å². The SMILES string of the molecule is O=CCCC/C=C/C(=O)c1cccs1. The highest BCUT2D eigenvalue weighted by atomic mass is 32.1. The monoisotopic (exact) mass is 208 g/mol. The molecule has 0 bridgehead atoms. The Morgan fingerprint density at radius 1 is 1.43 bits per heavy atom. The van der Waals surface area contributed by atoms with Gasteiger partial charge < -0.3 is 4.79 Å². The molecule has 0 unspecified atom stereocenters. The highest BCUT2D eigenvalue weighted by Gasteiger charge is 2.00. The molecule has 0 fully saturated rings. The van der Waals surface area contributed by atoms with Gasteiger partial charge in [-0.3, -0.25) is 4.79 Å². The van der Waals surface area contributed by atoms with Gasteiger partial charge in [-0.25, -0.2) is 0 Å². The van der Waals surface area contributed by atoms with Gasteiger partial charge in [-0.1, -0.05) is 12.1 Å². The van der Waals surface area contributed by atoms with Crippen molar-refractivity contribution in [2.75, 3.05) is 0 Å². The molecule has 2 nitrogen and oxygen atoms in total. The van der Waals surface area contributed by atoms with Gasteiger partial charge in [0.1, 0.15) is 6.29 Å². The predicted octanol–water partition coefficient (Wildman–Crippen LogP) is 2.86. The minimum absolute atomic E-state index is 0.0473. The normalized spacial score (nSPS) is 10.6. The fourth-order valence-electron chi connectivity index (χ4n) is 1.01. The fraction of sp³-hybridized carbons (Fsp3) is 0.273. The van der Waals surface area contributed by atoms with Crippen LogP contribution in [0.1, 0.15) is 28.9 Å². The number of rotatable bonds is 6. The first-order valence-corrected chi connectivity index (χ1v) is 5.40. The van der Waals surface area contributed by atoms with E-state index in [1.165, 1.54) is 11.3 Å². The molecule has 0 aliphatic carbocycles. The molecule has 1 heterocycles. The molecule has 14 heavy (non-hydrogen) atoms. The van der Waals surface area contributed by atoms with Crippen molar-refractivity contribution in [1.29, 1.82) is 0 Å². The number of thiophene rings is 1. The van der Waals surface area contributed by atoms with E-state index in [0.717, 1.165) is 24.0 Å². The molecular weight excluding hydrogens is 196 g/mol. The zero-order chi connectivity index (χ0) is 10.2. The third kappa shape index (κ3) is 3.66. The van der Waals surface area contributed by atoms with E-state index in [4.69, 9.17) is 0 Å². The lowest BCUT2D eigenvalue weighted by Crippen LogP contribution is -1.88. The molecule has 0 spiro atoms. The summed E-state index contributed by atoms with van der Waals surface area (Å²) >= 11 is 1.44. The third-order valence-corrected chi connectivity index (χ3v) is 2.61. The molecule has 0 radical (unpaired) electrons. The quantitative estimate of drug-likeness (QED) is 0.312. The van der Waals surface area contributed by atoms with Crippen molar-refractivity contribution in [3.8, 4) is 0 Å². The summed E-state index contributed by atoms with van der Waals surface area (Å²) in [5, 5.41) is 1.88. The van der Waals surface area contributed by atoms with Gasteiger partial charge >= 0.3 is 0 Å². The molecule has 1 aromatic rings. The second kappa shape index (κ2) is 6.27. The van der Waals surface area contributed by atoms with Gasteiger partial charge in [0.25, 0.3) is 0 Å². The van der Waals surface area contributed by atoms with Crippen LogP contribution in [0, 0.1) is 0 Å². The summed E-state index contributed by atoms with van der Waals surface area (Å²) < 4.78 is 0. The summed E-state index contributed by atoms with van der Waals surface area (Å²) in [6, 6.07) is 3.67. The van der Waals surface area contributed by atoms with Crippen LogP contribution >= 0.6 is 11.3 Å². The average Bonchev–Trinajstić information content (AvgIpc) is 2.70. The number of aldehydes is 1. The van der Waals surface area contributed by atoms with E-state index in [1.54, 1.807) is 6.08 Å². The number of hydrogen-bond donors (Lipinski definition) is 0. The molecule has 0 saturated carbocycles. The second-order valence-electron chi connectivity index (χ2n) is 2.84. The summed E-state index contributed by atoms with van der Waals surface area (Å²) in [5.74, 6) is 0.0473. The van der Waals surface area contributed by atoms with Crippen molar-refractivity contribution in [3.05, 3.63) is 34.5 Å². The molecule has 0 amide bonds. The minimum Gasteiger partial charge on any atom is -0.303 e. The van der Waals surface area contributed by atoms with Crippen LogP contribution in [0.15, 0.2) is 29.7 Å². The van der Waals surface area contributed by atoms with Gasteiger partial charge in [0, 0.05) is 6.42 Å². The molecule has 0 aromatic carbocycles. The minimum atomic E-state index is 0.0473. The van der Waals surface area contributed by atoms with Gasteiger partial charge in [-0.05, 0) is 30.4 Å². The highest BCUT2D eigenvalue weighted by Crippen LogP contribution is 2.10. The van der Waals surface area contributed by atoms with Crippen LogP contribution in [0.2, 0.25) is 0 Å². The summed E-state index contributed by atoms with van der Waals surface area (Å²) in [6.07, 6.45) is 6.47. The van der Waals surface area contributed by atoms with Crippen LogP contribution in [0.5, 0.6) is 0 Å². The molecule has 0 aliphatic heterocycles. The van der Waals surface area contributed by atoms with Gasteiger partial charge in [0.15, 0.2) is 5.78 Å². The van der Waals surface area contributed by atoms with E-state index in [-0.39, 0.29) is 5.78 Å². The zero-order valence-electron chi connectivity index (χ0n) is 7.81. The van der Waals surface area contributed by atoms with E-state index in [2.05, 4.69) is 0 Å². The van der Waals surface area contributed by atoms with Gasteiger partial charge in [-0.15, -0.1) is 11.3 Å². The van der Waals surface area contributed by atoms with Crippen molar-refractivity contribution < 1.29 is 9.59 Å². The van der Waals surface area contributed by atoms with Crippen molar-refractivity contribution >= 4 is 23.4 Å². The topological polar surface area (TPSA) is 34.1 Å². The Balaban J connectivity index is 2.30. The Morgan fingerprint density at radius 3 is 2.93 bits per heavy atom. The number of ketones is 1.